The Balaban J connectivity index is 1.43. The van der Waals surface area contributed by atoms with E-state index >= 15 is 0 Å². The monoisotopic (exact) mass is 549 g/mol. The van der Waals surface area contributed by atoms with Crippen LogP contribution < -0.4 is 5.32 Å². The van der Waals surface area contributed by atoms with Gasteiger partial charge in [0.2, 0.25) is 0 Å². The molecule has 4 heterocycles. The van der Waals surface area contributed by atoms with E-state index < -0.39 is 11.7 Å². The number of aromatic nitrogens is 3. The van der Waals surface area contributed by atoms with Crippen molar-refractivity contribution in [3.63, 3.8) is 0 Å². The van der Waals surface area contributed by atoms with Crippen molar-refractivity contribution < 1.29 is 17.9 Å². The van der Waals surface area contributed by atoms with Crippen molar-refractivity contribution in [3.8, 4) is 16.8 Å². The highest BCUT2D eigenvalue weighted by atomic mass is 32.1. The first-order chi connectivity index (χ1) is 19.0. The molecular formula is C29H26F3N5OS. The molecule has 0 bridgehead atoms. The lowest BCUT2D eigenvalue weighted by atomic mass is 10.1. The molecule has 0 radical (unpaired) electrons. The predicted molar refractivity (Wildman–Crippen MR) is 147 cm³/mol. The molecular weight excluding hydrogens is 523 g/mol. The van der Waals surface area contributed by atoms with Crippen LogP contribution in [-0.2, 0) is 10.9 Å². The number of hydrogen-bond acceptors (Lipinski definition) is 6. The van der Waals surface area contributed by atoms with E-state index in [1.807, 2.05) is 36.5 Å². The molecule has 1 fully saturated rings. The van der Waals surface area contributed by atoms with Crippen LogP contribution in [0.25, 0.3) is 27.8 Å². The molecule has 1 atom stereocenters. The molecule has 0 unspecified atom stereocenters. The first kappa shape index (κ1) is 25.5. The number of rotatable bonds is 7. The maximum Gasteiger partial charge on any atom is 0.416 e. The van der Waals surface area contributed by atoms with E-state index in [9.17, 15) is 13.2 Å². The molecule has 0 amide bonds. The second-order valence-corrected chi connectivity index (χ2v) is 10.3. The zero-order valence-corrected chi connectivity index (χ0v) is 21.8. The number of halogens is 3. The number of fused-ring (bicyclic) bond motifs is 1. The number of ether oxygens (including phenoxy) is 1. The molecule has 0 aliphatic carbocycles. The lowest BCUT2D eigenvalue weighted by molar-refractivity contribution is -0.137. The molecule has 1 saturated heterocycles. The van der Waals surface area contributed by atoms with Gasteiger partial charge in [-0.1, -0.05) is 42.5 Å². The van der Waals surface area contributed by atoms with Crippen LogP contribution in [0, 0.1) is 0 Å². The van der Waals surface area contributed by atoms with Crippen LogP contribution in [0.15, 0.2) is 84.6 Å². The SMILES string of the molecule is FC(F)(F)c1cccc(-n2cc(-c3ccccc3)c3c(NC[C@@H](c4cccs4)N4CCOCC4)ncnc32)c1. The van der Waals surface area contributed by atoms with Crippen molar-refractivity contribution in [2.24, 2.45) is 0 Å². The molecule has 1 aliphatic rings. The maximum atomic E-state index is 13.5. The largest absolute Gasteiger partial charge is 0.416 e. The molecule has 39 heavy (non-hydrogen) atoms. The van der Waals surface area contributed by atoms with Crippen molar-refractivity contribution in [3.05, 3.63) is 95.1 Å². The standard InChI is InChI=1S/C29H26F3N5OS/c30-29(31,32)21-8-4-9-22(16-21)37-18-23(20-6-2-1-3-7-20)26-27(34-19-35-28(26)37)33-17-24(25-10-5-15-39-25)36-11-13-38-14-12-36/h1-10,15-16,18-19,24H,11-14,17H2,(H,33,34,35)/t24-/m0/s1. The molecule has 2 aromatic carbocycles. The van der Waals surface area contributed by atoms with Crippen LogP contribution >= 0.6 is 11.3 Å². The van der Waals surface area contributed by atoms with Gasteiger partial charge in [0.1, 0.15) is 12.1 Å². The van der Waals surface area contributed by atoms with Crippen molar-refractivity contribution in [1.29, 1.82) is 0 Å². The third-order valence-corrected chi connectivity index (χ3v) is 7.91. The smallest absolute Gasteiger partial charge is 0.379 e. The summed E-state index contributed by atoms with van der Waals surface area (Å²) in [6.45, 7) is 3.67. The van der Waals surface area contributed by atoms with E-state index in [1.165, 1.54) is 17.3 Å². The van der Waals surface area contributed by atoms with Gasteiger partial charge in [0.25, 0.3) is 0 Å². The van der Waals surface area contributed by atoms with Gasteiger partial charge >= 0.3 is 6.18 Å². The van der Waals surface area contributed by atoms with E-state index in [1.54, 1.807) is 22.0 Å². The number of hydrogen-bond donors (Lipinski definition) is 1. The van der Waals surface area contributed by atoms with Gasteiger partial charge in [-0.25, -0.2) is 9.97 Å². The summed E-state index contributed by atoms with van der Waals surface area (Å²) in [5.74, 6) is 0.638. The maximum absolute atomic E-state index is 13.5. The van der Waals surface area contributed by atoms with Crippen molar-refractivity contribution in [1.82, 2.24) is 19.4 Å². The molecule has 6 rings (SSSR count). The number of morpholine rings is 1. The number of nitrogens with one attached hydrogen (secondary N) is 1. The molecule has 10 heteroatoms. The van der Waals surface area contributed by atoms with Crippen LogP contribution in [0.4, 0.5) is 19.0 Å². The van der Waals surface area contributed by atoms with E-state index in [-0.39, 0.29) is 6.04 Å². The minimum Gasteiger partial charge on any atom is -0.379 e. The minimum atomic E-state index is -4.45. The number of alkyl halides is 3. The van der Waals surface area contributed by atoms with Crippen LogP contribution in [0.1, 0.15) is 16.5 Å². The Labute approximate surface area is 227 Å². The van der Waals surface area contributed by atoms with Gasteiger partial charge in [-0.05, 0) is 35.2 Å². The van der Waals surface area contributed by atoms with E-state index in [0.29, 0.717) is 36.9 Å². The second kappa shape index (κ2) is 10.8. The quantitative estimate of drug-likeness (QED) is 0.246. The molecule has 3 aromatic heterocycles. The second-order valence-electron chi connectivity index (χ2n) is 9.31. The van der Waals surface area contributed by atoms with Crippen molar-refractivity contribution in [2.75, 3.05) is 38.2 Å². The van der Waals surface area contributed by atoms with Gasteiger partial charge in [0, 0.05) is 42.0 Å². The lowest BCUT2D eigenvalue weighted by Crippen LogP contribution is -2.41. The third-order valence-electron chi connectivity index (χ3n) is 6.94. The van der Waals surface area contributed by atoms with Crippen molar-refractivity contribution >= 4 is 28.2 Å². The average molecular weight is 550 g/mol. The van der Waals surface area contributed by atoms with E-state index in [2.05, 4.69) is 37.7 Å². The molecule has 6 nitrogen and oxygen atoms in total. The van der Waals surface area contributed by atoms with Gasteiger partial charge < -0.3 is 14.6 Å². The summed E-state index contributed by atoms with van der Waals surface area (Å²) in [7, 11) is 0. The Morgan fingerprint density at radius 2 is 1.79 bits per heavy atom. The third kappa shape index (κ3) is 5.27. The number of anilines is 1. The predicted octanol–water partition coefficient (Wildman–Crippen LogP) is 6.65. The lowest BCUT2D eigenvalue weighted by Gasteiger charge is -2.34. The van der Waals surface area contributed by atoms with Gasteiger partial charge in [0.05, 0.1) is 30.2 Å². The highest BCUT2D eigenvalue weighted by molar-refractivity contribution is 7.10. The van der Waals surface area contributed by atoms with Gasteiger partial charge in [-0.15, -0.1) is 11.3 Å². The number of nitrogens with zero attached hydrogens (tertiary/aromatic N) is 4. The van der Waals surface area contributed by atoms with Gasteiger partial charge in [-0.2, -0.15) is 13.2 Å². The molecule has 0 spiro atoms. The Hall–Kier alpha value is -3.73. The van der Waals surface area contributed by atoms with Crippen LogP contribution in [0.5, 0.6) is 0 Å². The summed E-state index contributed by atoms with van der Waals surface area (Å²) >= 11 is 1.72. The summed E-state index contributed by atoms with van der Waals surface area (Å²) in [5, 5.41) is 6.40. The fourth-order valence-electron chi connectivity index (χ4n) is 5.03. The summed E-state index contributed by atoms with van der Waals surface area (Å²) in [4.78, 5) is 12.8. The molecule has 200 valence electrons. The van der Waals surface area contributed by atoms with E-state index in [0.717, 1.165) is 41.7 Å². The Morgan fingerprint density at radius 1 is 0.974 bits per heavy atom. The summed E-state index contributed by atoms with van der Waals surface area (Å²) in [6.07, 6.45) is -1.15. The number of thiophene rings is 1. The highest BCUT2D eigenvalue weighted by Gasteiger charge is 2.31. The molecule has 1 N–H and O–H groups in total. The Kier molecular flexibility index (Phi) is 7.07. The fraction of sp³-hybridized carbons (Fsp3) is 0.241. The van der Waals surface area contributed by atoms with Crippen LogP contribution in [0.3, 0.4) is 0 Å². The first-order valence-corrected chi connectivity index (χ1v) is 13.5. The Morgan fingerprint density at radius 3 is 2.54 bits per heavy atom. The zero-order chi connectivity index (χ0) is 26.8. The minimum absolute atomic E-state index is 0.129. The van der Waals surface area contributed by atoms with Crippen LogP contribution in [0.2, 0.25) is 0 Å². The van der Waals surface area contributed by atoms with Gasteiger partial charge in [-0.3, -0.25) is 4.90 Å². The normalized spacial score (nSPS) is 15.5. The summed E-state index contributed by atoms with van der Waals surface area (Å²) in [6, 6.07) is 19.4. The zero-order valence-electron chi connectivity index (χ0n) is 20.9. The average Bonchev–Trinajstić information content (AvgIpc) is 3.63. The fourth-order valence-corrected chi connectivity index (χ4v) is 5.90. The first-order valence-electron chi connectivity index (χ1n) is 12.7. The molecule has 0 saturated carbocycles. The van der Waals surface area contributed by atoms with Crippen LogP contribution in [-0.4, -0.2) is 52.3 Å². The Bertz CT molecular complexity index is 1550. The molecule has 1 aliphatic heterocycles. The van der Waals surface area contributed by atoms with Crippen molar-refractivity contribution in [2.45, 2.75) is 12.2 Å². The highest BCUT2D eigenvalue weighted by Crippen LogP contribution is 2.37. The van der Waals surface area contributed by atoms with Gasteiger partial charge in [0.15, 0.2) is 5.65 Å². The van der Waals surface area contributed by atoms with E-state index in [4.69, 9.17) is 4.74 Å². The summed E-state index contributed by atoms with van der Waals surface area (Å²) in [5.41, 5.74) is 1.97. The summed E-state index contributed by atoms with van der Waals surface area (Å²) < 4.78 is 47.8. The number of benzene rings is 2. The molecule has 5 aromatic rings. The topological polar surface area (TPSA) is 55.2 Å².